The SMILES string of the molecule is CCCCN(C)C(=O)c1cnc(Nc2cccc(Cl)c2Cl)nc1. The van der Waals surface area contributed by atoms with Crippen LogP contribution in [0.25, 0.3) is 0 Å². The van der Waals surface area contributed by atoms with E-state index in [0.29, 0.717) is 33.8 Å². The van der Waals surface area contributed by atoms with Gasteiger partial charge in [-0.2, -0.15) is 0 Å². The Balaban J connectivity index is 2.07. The van der Waals surface area contributed by atoms with Crippen molar-refractivity contribution in [3.8, 4) is 0 Å². The highest BCUT2D eigenvalue weighted by Crippen LogP contribution is 2.30. The van der Waals surface area contributed by atoms with Gasteiger partial charge in [0.15, 0.2) is 0 Å². The number of amides is 1. The number of carbonyl (C=O) groups is 1. The lowest BCUT2D eigenvalue weighted by Gasteiger charge is -2.16. The fourth-order valence-corrected chi connectivity index (χ4v) is 2.29. The number of anilines is 2. The largest absolute Gasteiger partial charge is 0.342 e. The molecule has 23 heavy (non-hydrogen) atoms. The normalized spacial score (nSPS) is 10.4. The summed E-state index contributed by atoms with van der Waals surface area (Å²) < 4.78 is 0. The molecule has 1 N–H and O–H groups in total. The van der Waals surface area contributed by atoms with Crippen LogP contribution >= 0.6 is 23.2 Å². The molecule has 1 aromatic heterocycles. The molecule has 7 heteroatoms. The summed E-state index contributed by atoms with van der Waals surface area (Å²) >= 11 is 12.1. The van der Waals surface area contributed by atoms with Crippen LogP contribution in [0.15, 0.2) is 30.6 Å². The van der Waals surface area contributed by atoms with Crippen molar-refractivity contribution in [2.45, 2.75) is 19.8 Å². The van der Waals surface area contributed by atoms with Crippen LogP contribution in [0.4, 0.5) is 11.6 Å². The van der Waals surface area contributed by atoms with Crippen molar-refractivity contribution in [3.05, 3.63) is 46.2 Å². The molecule has 122 valence electrons. The monoisotopic (exact) mass is 352 g/mol. The third-order valence-electron chi connectivity index (χ3n) is 3.29. The molecule has 1 aromatic carbocycles. The van der Waals surface area contributed by atoms with E-state index in [-0.39, 0.29) is 5.91 Å². The van der Waals surface area contributed by atoms with Crippen LogP contribution in [0.3, 0.4) is 0 Å². The molecule has 0 atom stereocenters. The van der Waals surface area contributed by atoms with E-state index in [4.69, 9.17) is 23.2 Å². The van der Waals surface area contributed by atoms with Gasteiger partial charge in [0.25, 0.3) is 5.91 Å². The first kappa shape index (κ1) is 17.5. The van der Waals surface area contributed by atoms with Crippen molar-refractivity contribution < 1.29 is 4.79 Å². The molecule has 1 amide bonds. The smallest absolute Gasteiger partial charge is 0.256 e. The number of nitrogens with zero attached hydrogens (tertiary/aromatic N) is 3. The average molecular weight is 353 g/mol. The van der Waals surface area contributed by atoms with E-state index < -0.39 is 0 Å². The maximum absolute atomic E-state index is 12.2. The Morgan fingerprint density at radius 3 is 2.61 bits per heavy atom. The first-order valence-electron chi connectivity index (χ1n) is 7.31. The van der Waals surface area contributed by atoms with Gasteiger partial charge < -0.3 is 10.2 Å². The second kappa shape index (κ2) is 8.13. The maximum atomic E-state index is 12.2. The second-order valence-corrected chi connectivity index (χ2v) is 5.89. The molecule has 0 bridgehead atoms. The lowest BCUT2D eigenvalue weighted by atomic mass is 10.2. The van der Waals surface area contributed by atoms with Crippen LogP contribution in [-0.4, -0.2) is 34.4 Å². The van der Waals surface area contributed by atoms with Crippen LogP contribution in [0, 0.1) is 0 Å². The number of nitrogens with one attached hydrogen (secondary N) is 1. The third-order valence-corrected chi connectivity index (χ3v) is 4.11. The molecule has 5 nitrogen and oxygen atoms in total. The molecule has 2 aromatic rings. The molecule has 0 fully saturated rings. The maximum Gasteiger partial charge on any atom is 0.256 e. The summed E-state index contributed by atoms with van der Waals surface area (Å²) in [6, 6.07) is 5.25. The van der Waals surface area contributed by atoms with E-state index in [1.165, 1.54) is 12.4 Å². The van der Waals surface area contributed by atoms with E-state index in [2.05, 4.69) is 22.2 Å². The summed E-state index contributed by atoms with van der Waals surface area (Å²) in [5.41, 5.74) is 1.06. The van der Waals surface area contributed by atoms with Gasteiger partial charge in [0, 0.05) is 26.0 Å². The van der Waals surface area contributed by atoms with Crippen molar-refractivity contribution in [1.82, 2.24) is 14.9 Å². The van der Waals surface area contributed by atoms with Crippen molar-refractivity contribution in [2.24, 2.45) is 0 Å². The van der Waals surface area contributed by atoms with Crippen molar-refractivity contribution in [3.63, 3.8) is 0 Å². The molecule has 0 aliphatic carbocycles. The van der Waals surface area contributed by atoms with Gasteiger partial charge in [-0.05, 0) is 18.6 Å². The average Bonchev–Trinajstić information content (AvgIpc) is 2.57. The summed E-state index contributed by atoms with van der Waals surface area (Å²) in [5, 5.41) is 3.82. The van der Waals surface area contributed by atoms with Crippen LogP contribution in [0.2, 0.25) is 10.0 Å². The van der Waals surface area contributed by atoms with Gasteiger partial charge in [0.05, 0.1) is 21.3 Å². The molecule has 0 aliphatic heterocycles. The van der Waals surface area contributed by atoms with Crippen LogP contribution in [-0.2, 0) is 0 Å². The topological polar surface area (TPSA) is 58.1 Å². The number of aromatic nitrogens is 2. The van der Waals surface area contributed by atoms with Crippen molar-refractivity contribution >= 4 is 40.7 Å². The van der Waals surface area contributed by atoms with Gasteiger partial charge in [-0.15, -0.1) is 0 Å². The van der Waals surface area contributed by atoms with E-state index in [0.717, 1.165) is 12.8 Å². The molecule has 0 saturated carbocycles. The minimum atomic E-state index is -0.0919. The first-order chi connectivity index (χ1) is 11.0. The summed E-state index contributed by atoms with van der Waals surface area (Å²) in [7, 11) is 1.77. The Hall–Kier alpha value is -1.85. The highest BCUT2D eigenvalue weighted by atomic mass is 35.5. The van der Waals surface area contributed by atoms with Crippen LogP contribution in [0.1, 0.15) is 30.1 Å². The fourth-order valence-electron chi connectivity index (χ4n) is 1.94. The molecule has 0 saturated heterocycles. The lowest BCUT2D eigenvalue weighted by molar-refractivity contribution is 0.0792. The predicted molar refractivity (Wildman–Crippen MR) is 93.6 cm³/mol. The van der Waals surface area contributed by atoms with Crippen LogP contribution < -0.4 is 5.32 Å². The van der Waals surface area contributed by atoms with Crippen molar-refractivity contribution in [1.29, 1.82) is 0 Å². The zero-order valence-electron chi connectivity index (χ0n) is 13.0. The Morgan fingerprint density at radius 1 is 1.26 bits per heavy atom. The predicted octanol–water partition coefficient (Wildman–Crippen LogP) is 4.40. The summed E-state index contributed by atoms with van der Waals surface area (Å²) in [6.45, 7) is 2.80. The van der Waals surface area contributed by atoms with Gasteiger partial charge in [-0.25, -0.2) is 9.97 Å². The molecule has 0 aliphatic rings. The van der Waals surface area contributed by atoms with Gasteiger partial charge in [0.2, 0.25) is 5.95 Å². The van der Waals surface area contributed by atoms with Gasteiger partial charge >= 0.3 is 0 Å². The van der Waals surface area contributed by atoms with Gasteiger partial charge in [-0.3, -0.25) is 4.79 Å². The van der Waals surface area contributed by atoms with Crippen molar-refractivity contribution in [2.75, 3.05) is 18.9 Å². The molecule has 0 spiro atoms. The number of halogens is 2. The zero-order valence-corrected chi connectivity index (χ0v) is 14.5. The number of hydrogen-bond donors (Lipinski definition) is 1. The molecule has 1 heterocycles. The fraction of sp³-hybridized carbons (Fsp3) is 0.312. The third kappa shape index (κ3) is 4.56. The highest BCUT2D eigenvalue weighted by molar-refractivity contribution is 6.43. The van der Waals surface area contributed by atoms with Gasteiger partial charge in [0.1, 0.15) is 0 Å². The molecule has 0 unspecified atom stereocenters. The highest BCUT2D eigenvalue weighted by Gasteiger charge is 2.12. The van der Waals surface area contributed by atoms with Crippen LogP contribution in [0.5, 0.6) is 0 Å². The molecule has 2 rings (SSSR count). The Bertz CT molecular complexity index is 676. The number of unbranched alkanes of at least 4 members (excludes halogenated alkanes) is 1. The van der Waals surface area contributed by atoms with E-state index in [1.54, 1.807) is 30.1 Å². The Morgan fingerprint density at radius 2 is 1.96 bits per heavy atom. The number of hydrogen-bond acceptors (Lipinski definition) is 4. The number of carbonyl (C=O) groups excluding carboxylic acids is 1. The molecular formula is C16H18Cl2N4O. The minimum Gasteiger partial charge on any atom is -0.342 e. The number of rotatable bonds is 6. The standard InChI is InChI=1S/C16H18Cl2N4O/c1-3-4-8-22(2)15(23)11-9-19-16(20-10-11)21-13-7-5-6-12(17)14(13)18/h5-7,9-10H,3-4,8H2,1-2H3,(H,19,20,21). The summed E-state index contributed by atoms with van der Waals surface area (Å²) in [4.78, 5) is 22.2. The molecule has 0 radical (unpaired) electrons. The molecular weight excluding hydrogens is 335 g/mol. The van der Waals surface area contributed by atoms with E-state index >= 15 is 0 Å². The Kier molecular flexibility index (Phi) is 6.19. The minimum absolute atomic E-state index is 0.0919. The lowest BCUT2D eigenvalue weighted by Crippen LogP contribution is -2.27. The van der Waals surface area contributed by atoms with E-state index in [1.807, 2.05) is 0 Å². The second-order valence-electron chi connectivity index (χ2n) is 5.10. The first-order valence-corrected chi connectivity index (χ1v) is 8.07. The quantitative estimate of drug-likeness (QED) is 0.836. The number of benzene rings is 1. The van der Waals surface area contributed by atoms with Gasteiger partial charge in [-0.1, -0.05) is 42.6 Å². The Labute approximate surface area is 145 Å². The zero-order chi connectivity index (χ0) is 16.8. The summed E-state index contributed by atoms with van der Waals surface area (Å²) in [6.07, 6.45) is 5.00. The summed E-state index contributed by atoms with van der Waals surface area (Å²) in [5.74, 6) is 0.257. The van der Waals surface area contributed by atoms with E-state index in [9.17, 15) is 4.79 Å².